The van der Waals surface area contributed by atoms with Gasteiger partial charge in [-0.05, 0) is 12.8 Å². The van der Waals surface area contributed by atoms with Crippen molar-refractivity contribution in [2.45, 2.75) is 12.8 Å². The second kappa shape index (κ2) is 9.00. The molecule has 1 aromatic rings. The number of amides is 2. The summed E-state index contributed by atoms with van der Waals surface area (Å²) in [5.41, 5.74) is 0. The Morgan fingerprint density at radius 2 is 1.84 bits per heavy atom. The number of carboxylic acid groups (broad SMARTS) is 1. The van der Waals surface area contributed by atoms with Crippen LogP contribution in [0.3, 0.4) is 0 Å². The number of nitrogens with one attached hydrogen (secondary N) is 1. The van der Waals surface area contributed by atoms with Crippen molar-refractivity contribution in [3.8, 4) is 17.2 Å². The van der Waals surface area contributed by atoms with Crippen molar-refractivity contribution in [1.29, 1.82) is 0 Å². The molecule has 0 saturated carbocycles. The highest BCUT2D eigenvalue weighted by Gasteiger charge is 2.30. The van der Waals surface area contributed by atoms with E-state index in [1.807, 2.05) is 0 Å². The lowest BCUT2D eigenvalue weighted by atomic mass is 10.1. The molecular weight excluding hydrogens is 328 g/mol. The molecule has 1 aromatic carbocycles. The number of carbonyl (C=O) groups excluding carboxylic acids is 1. The molecule has 1 heterocycles. The van der Waals surface area contributed by atoms with Crippen molar-refractivity contribution in [3.63, 3.8) is 0 Å². The zero-order valence-corrected chi connectivity index (χ0v) is 14.5. The number of rotatable bonds is 8. The van der Waals surface area contributed by atoms with Gasteiger partial charge in [0.2, 0.25) is 0 Å². The number of likely N-dealkylation sites (tertiary alicyclic amines) is 1. The Balaban J connectivity index is 1.68. The van der Waals surface area contributed by atoms with Crippen molar-refractivity contribution < 1.29 is 28.9 Å². The number of urea groups is 1. The zero-order chi connectivity index (χ0) is 18.2. The average molecular weight is 352 g/mol. The highest BCUT2D eigenvalue weighted by Crippen LogP contribution is 2.27. The van der Waals surface area contributed by atoms with Crippen LogP contribution < -0.4 is 19.5 Å². The molecule has 8 nitrogen and oxygen atoms in total. The largest absolute Gasteiger partial charge is 0.496 e. The topological polar surface area (TPSA) is 97.3 Å². The molecule has 1 atom stereocenters. The molecule has 138 valence electrons. The standard InChI is InChI=1S/C17H24N2O6/c1-23-13-8-14(24-2)10-15(9-13)25-7-3-5-18-17(22)19-6-4-12(11-19)16(20)21/h8-10,12H,3-7,11H2,1-2H3,(H,18,22)(H,20,21). The van der Waals surface area contributed by atoms with Gasteiger partial charge < -0.3 is 29.5 Å². The van der Waals surface area contributed by atoms with Gasteiger partial charge in [0.15, 0.2) is 0 Å². The highest BCUT2D eigenvalue weighted by atomic mass is 16.5. The molecule has 1 fully saturated rings. The van der Waals surface area contributed by atoms with Crippen LogP contribution in [-0.2, 0) is 4.79 Å². The second-order valence-electron chi connectivity index (χ2n) is 5.75. The minimum atomic E-state index is -0.850. The van der Waals surface area contributed by atoms with Gasteiger partial charge in [0.1, 0.15) is 17.2 Å². The monoisotopic (exact) mass is 352 g/mol. The molecular formula is C17H24N2O6. The number of ether oxygens (including phenoxy) is 3. The van der Waals surface area contributed by atoms with Gasteiger partial charge in [-0.3, -0.25) is 4.79 Å². The predicted molar refractivity (Wildman–Crippen MR) is 90.4 cm³/mol. The minimum Gasteiger partial charge on any atom is -0.496 e. The first kappa shape index (κ1) is 18.7. The lowest BCUT2D eigenvalue weighted by molar-refractivity contribution is -0.141. The Labute approximate surface area is 146 Å². The summed E-state index contributed by atoms with van der Waals surface area (Å²) in [6.45, 7) is 1.62. The van der Waals surface area contributed by atoms with Crippen LogP contribution in [0.1, 0.15) is 12.8 Å². The molecule has 1 unspecified atom stereocenters. The normalized spacial score (nSPS) is 16.4. The van der Waals surface area contributed by atoms with Gasteiger partial charge in [-0.1, -0.05) is 0 Å². The first-order valence-electron chi connectivity index (χ1n) is 8.15. The zero-order valence-electron chi connectivity index (χ0n) is 14.5. The van der Waals surface area contributed by atoms with Crippen LogP contribution in [0.15, 0.2) is 18.2 Å². The van der Waals surface area contributed by atoms with Crippen molar-refractivity contribution in [1.82, 2.24) is 10.2 Å². The van der Waals surface area contributed by atoms with Gasteiger partial charge in [-0.25, -0.2) is 4.79 Å². The van der Waals surface area contributed by atoms with E-state index >= 15 is 0 Å². The smallest absolute Gasteiger partial charge is 0.317 e. The van der Waals surface area contributed by atoms with Gasteiger partial charge in [-0.2, -0.15) is 0 Å². The molecule has 0 aromatic heterocycles. The van der Waals surface area contributed by atoms with Gasteiger partial charge in [0.05, 0.1) is 26.7 Å². The molecule has 8 heteroatoms. The summed E-state index contributed by atoms with van der Waals surface area (Å²) in [5.74, 6) is 0.607. The fourth-order valence-corrected chi connectivity index (χ4v) is 2.58. The number of nitrogens with zero attached hydrogens (tertiary/aromatic N) is 1. The first-order valence-corrected chi connectivity index (χ1v) is 8.15. The van der Waals surface area contributed by atoms with Crippen molar-refractivity contribution in [2.75, 3.05) is 40.5 Å². The second-order valence-corrected chi connectivity index (χ2v) is 5.75. The van der Waals surface area contributed by atoms with Crippen LogP contribution >= 0.6 is 0 Å². The van der Waals surface area contributed by atoms with E-state index < -0.39 is 11.9 Å². The number of hydrogen-bond acceptors (Lipinski definition) is 5. The molecule has 0 aliphatic carbocycles. The predicted octanol–water partition coefficient (Wildman–Crippen LogP) is 1.59. The van der Waals surface area contributed by atoms with Crippen LogP contribution in [0.5, 0.6) is 17.2 Å². The number of carbonyl (C=O) groups is 2. The van der Waals surface area contributed by atoms with Gasteiger partial charge in [0.25, 0.3) is 0 Å². The van der Waals surface area contributed by atoms with Gasteiger partial charge in [-0.15, -0.1) is 0 Å². The first-order chi connectivity index (χ1) is 12.0. The minimum absolute atomic E-state index is 0.230. The summed E-state index contributed by atoms with van der Waals surface area (Å²) >= 11 is 0. The molecule has 25 heavy (non-hydrogen) atoms. The Hall–Kier alpha value is -2.64. The Morgan fingerprint density at radius 1 is 1.20 bits per heavy atom. The number of benzene rings is 1. The maximum absolute atomic E-state index is 12.0. The van der Waals surface area contributed by atoms with E-state index in [0.717, 1.165) is 0 Å². The summed E-state index contributed by atoms with van der Waals surface area (Å²) in [5, 5.41) is 11.7. The lowest BCUT2D eigenvalue weighted by Crippen LogP contribution is -2.39. The summed E-state index contributed by atoms with van der Waals surface area (Å²) in [6.07, 6.45) is 1.13. The van der Waals surface area contributed by atoms with Crippen LogP contribution in [0.2, 0.25) is 0 Å². The molecule has 1 aliphatic heterocycles. The summed E-state index contributed by atoms with van der Waals surface area (Å²) in [4.78, 5) is 24.4. The summed E-state index contributed by atoms with van der Waals surface area (Å²) in [6, 6.07) is 5.05. The van der Waals surface area contributed by atoms with Crippen LogP contribution in [0.25, 0.3) is 0 Å². The lowest BCUT2D eigenvalue weighted by Gasteiger charge is -2.16. The van der Waals surface area contributed by atoms with Crippen molar-refractivity contribution in [2.24, 2.45) is 5.92 Å². The maximum Gasteiger partial charge on any atom is 0.317 e. The molecule has 1 aliphatic rings. The Bertz CT molecular complexity index is 585. The van der Waals surface area contributed by atoms with Crippen molar-refractivity contribution >= 4 is 12.0 Å². The third-order valence-corrected chi connectivity index (χ3v) is 4.02. The van der Waals surface area contributed by atoms with E-state index in [1.165, 1.54) is 4.90 Å². The number of methoxy groups -OCH3 is 2. The molecule has 0 radical (unpaired) electrons. The molecule has 1 saturated heterocycles. The van der Waals surface area contributed by atoms with Crippen LogP contribution in [0.4, 0.5) is 4.79 Å². The Morgan fingerprint density at radius 3 is 2.40 bits per heavy atom. The molecule has 2 rings (SSSR count). The van der Waals surface area contributed by atoms with Crippen molar-refractivity contribution in [3.05, 3.63) is 18.2 Å². The van der Waals surface area contributed by atoms with E-state index in [4.69, 9.17) is 19.3 Å². The molecule has 0 bridgehead atoms. The molecule has 2 amide bonds. The van der Waals surface area contributed by atoms with E-state index in [2.05, 4.69) is 5.32 Å². The van der Waals surface area contributed by atoms with Gasteiger partial charge >= 0.3 is 12.0 Å². The quantitative estimate of drug-likeness (QED) is 0.690. The SMILES string of the molecule is COc1cc(OC)cc(OCCCNC(=O)N2CCC(C(=O)O)C2)c1. The number of carboxylic acids is 1. The molecule has 2 N–H and O–H groups in total. The molecule has 0 spiro atoms. The van der Waals surface area contributed by atoms with E-state index in [-0.39, 0.29) is 12.6 Å². The highest BCUT2D eigenvalue weighted by molar-refractivity contribution is 5.77. The maximum atomic E-state index is 12.0. The summed E-state index contributed by atoms with van der Waals surface area (Å²) < 4.78 is 16.0. The van der Waals surface area contributed by atoms with Crippen LogP contribution in [-0.4, -0.2) is 62.5 Å². The van der Waals surface area contributed by atoms with E-state index in [9.17, 15) is 9.59 Å². The third kappa shape index (κ3) is 5.44. The third-order valence-electron chi connectivity index (χ3n) is 4.02. The van der Waals surface area contributed by atoms with E-state index in [0.29, 0.717) is 49.8 Å². The number of aliphatic carboxylic acids is 1. The number of hydrogen-bond donors (Lipinski definition) is 2. The average Bonchev–Trinajstić information content (AvgIpc) is 3.11. The fourth-order valence-electron chi connectivity index (χ4n) is 2.58. The van der Waals surface area contributed by atoms with Crippen LogP contribution in [0, 0.1) is 5.92 Å². The Kier molecular flexibility index (Phi) is 6.73. The summed E-state index contributed by atoms with van der Waals surface area (Å²) in [7, 11) is 3.14. The fraction of sp³-hybridized carbons (Fsp3) is 0.529. The van der Waals surface area contributed by atoms with Gasteiger partial charge in [0, 0.05) is 37.8 Å². The van der Waals surface area contributed by atoms with E-state index in [1.54, 1.807) is 32.4 Å².